The molecule has 0 aliphatic carbocycles. The van der Waals surface area contributed by atoms with E-state index in [9.17, 15) is 5.26 Å². The van der Waals surface area contributed by atoms with Crippen LogP contribution < -0.4 is 15.2 Å². The number of hydrogen-bond donors (Lipinski definition) is 2. The number of hydrogen-bond acceptors (Lipinski definition) is 6. The van der Waals surface area contributed by atoms with Gasteiger partial charge in [-0.1, -0.05) is 54.9 Å². The minimum atomic E-state index is -0.00429. The molecule has 0 aliphatic rings. The standard InChI is InChI=1S/C36H32ClN5O2/c1-4-26-14-32(37)35(15-34(26)43-20-25-13-24(16-38)17-41-18-25)44-21-28-7-5-8-29(22(28)2)30-9-6-10-31(23(30)3)33-12-11-27(19-42-33)36(39)40/h5-15,17-19H,4,20-21H2,1-3H3,(H3,39,40). The fourth-order valence-electron chi connectivity index (χ4n) is 5.09. The number of nitrogens with zero attached hydrogens (tertiary/aromatic N) is 3. The van der Waals surface area contributed by atoms with Crippen LogP contribution in [0.5, 0.6) is 11.5 Å². The summed E-state index contributed by atoms with van der Waals surface area (Å²) < 4.78 is 12.4. The van der Waals surface area contributed by atoms with E-state index in [-0.39, 0.29) is 12.4 Å². The van der Waals surface area contributed by atoms with Crippen LogP contribution >= 0.6 is 11.6 Å². The van der Waals surface area contributed by atoms with Gasteiger partial charge in [-0.2, -0.15) is 5.26 Å². The monoisotopic (exact) mass is 601 g/mol. The van der Waals surface area contributed by atoms with Gasteiger partial charge in [-0.05, 0) is 77.9 Å². The zero-order chi connectivity index (χ0) is 31.2. The van der Waals surface area contributed by atoms with E-state index in [1.807, 2.05) is 43.3 Å². The van der Waals surface area contributed by atoms with Crippen molar-refractivity contribution in [3.63, 3.8) is 0 Å². The molecule has 0 saturated carbocycles. The molecule has 3 aromatic carbocycles. The van der Waals surface area contributed by atoms with Crippen molar-refractivity contribution in [2.24, 2.45) is 5.73 Å². The molecule has 0 bridgehead atoms. The van der Waals surface area contributed by atoms with E-state index in [2.05, 4.69) is 54.2 Å². The van der Waals surface area contributed by atoms with Crippen molar-refractivity contribution in [2.45, 2.75) is 40.4 Å². The third kappa shape index (κ3) is 6.56. The summed E-state index contributed by atoms with van der Waals surface area (Å²) in [7, 11) is 0. The summed E-state index contributed by atoms with van der Waals surface area (Å²) in [4.78, 5) is 8.67. The van der Waals surface area contributed by atoms with Crippen LogP contribution in [0.15, 0.2) is 85.3 Å². The van der Waals surface area contributed by atoms with E-state index < -0.39 is 0 Å². The number of halogens is 1. The molecular formula is C36H32ClN5O2. The summed E-state index contributed by atoms with van der Waals surface area (Å²) in [5, 5.41) is 17.3. The Labute approximate surface area is 262 Å². The zero-order valence-electron chi connectivity index (χ0n) is 24.8. The lowest BCUT2D eigenvalue weighted by Crippen LogP contribution is -2.11. The maximum Gasteiger partial charge on any atom is 0.142 e. The molecule has 5 rings (SSSR count). The maximum absolute atomic E-state index is 9.17. The van der Waals surface area contributed by atoms with E-state index in [1.54, 1.807) is 18.5 Å². The molecule has 7 nitrogen and oxygen atoms in total. The van der Waals surface area contributed by atoms with E-state index >= 15 is 0 Å². The SMILES string of the molecule is CCc1cc(Cl)c(OCc2cccc(-c3cccc(-c4ccc(C(=N)N)cn4)c3C)c2C)cc1OCc1cncc(C#N)c1. The zero-order valence-corrected chi connectivity index (χ0v) is 25.6. The van der Waals surface area contributed by atoms with Crippen molar-refractivity contribution < 1.29 is 9.47 Å². The highest BCUT2D eigenvalue weighted by Crippen LogP contribution is 2.36. The lowest BCUT2D eigenvalue weighted by Gasteiger charge is -2.18. The Morgan fingerprint density at radius 2 is 1.59 bits per heavy atom. The normalized spacial score (nSPS) is 10.7. The molecule has 0 atom stereocenters. The highest BCUT2D eigenvalue weighted by molar-refractivity contribution is 6.32. The molecule has 0 aliphatic heterocycles. The number of aryl methyl sites for hydroxylation is 1. The summed E-state index contributed by atoms with van der Waals surface area (Å²) in [6.07, 6.45) is 5.58. The Balaban J connectivity index is 1.38. The minimum Gasteiger partial charge on any atom is -0.488 e. The fourth-order valence-corrected chi connectivity index (χ4v) is 5.33. The second-order valence-electron chi connectivity index (χ2n) is 10.4. The molecule has 2 heterocycles. The van der Waals surface area contributed by atoms with Gasteiger partial charge >= 0.3 is 0 Å². The van der Waals surface area contributed by atoms with Gasteiger partial charge in [-0.25, -0.2) is 0 Å². The number of nitriles is 1. The predicted molar refractivity (Wildman–Crippen MR) is 174 cm³/mol. The van der Waals surface area contributed by atoms with E-state index in [0.29, 0.717) is 34.3 Å². The van der Waals surface area contributed by atoms with Crippen LogP contribution in [0.1, 0.15) is 45.9 Å². The Bertz CT molecular complexity index is 1880. The van der Waals surface area contributed by atoms with Gasteiger partial charge in [0.1, 0.15) is 36.6 Å². The molecule has 44 heavy (non-hydrogen) atoms. The third-order valence-electron chi connectivity index (χ3n) is 7.62. The van der Waals surface area contributed by atoms with Crippen LogP contribution in [0.25, 0.3) is 22.4 Å². The summed E-state index contributed by atoms with van der Waals surface area (Å²) in [5.74, 6) is 1.21. The van der Waals surface area contributed by atoms with Crippen molar-refractivity contribution in [2.75, 3.05) is 0 Å². The van der Waals surface area contributed by atoms with Crippen molar-refractivity contribution >= 4 is 17.4 Å². The average molecular weight is 602 g/mol. The summed E-state index contributed by atoms with van der Waals surface area (Å²) in [5.41, 5.74) is 15.8. The molecular weight excluding hydrogens is 570 g/mol. The first-order valence-electron chi connectivity index (χ1n) is 14.2. The van der Waals surface area contributed by atoms with Gasteiger partial charge in [-0.15, -0.1) is 0 Å². The van der Waals surface area contributed by atoms with Gasteiger partial charge in [0.25, 0.3) is 0 Å². The maximum atomic E-state index is 9.17. The molecule has 0 amide bonds. The van der Waals surface area contributed by atoms with Crippen LogP contribution in [-0.2, 0) is 19.6 Å². The molecule has 220 valence electrons. The quantitative estimate of drug-likeness (QED) is 0.124. The number of nitrogens with one attached hydrogen (secondary N) is 1. The van der Waals surface area contributed by atoms with Gasteiger partial charge in [0.2, 0.25) is 0 Å². The topological polar surface area (TPSA) is 118 Å². The molecule has 0 spiro atoms. The number of benzene rings is 3. The largest absolute Gasteiger partial charge is 0.488 e. The lowest BCUT2D eigenvalue weighted by atomic mass is 9.90. The predicted octanol–water partition coefficient (Wildman–Crippen LogP) is 7.96. The number of nitrogens with two attached hydrogens (primary N) is 1. The van der Waals surface area contributed by atoms with Crippen molar-refractivity contribution in [3.05, 3.63) is 129 Å². The molecule has 0 fully saturated rings. The van der Waals surface area contributed by atoms with Crippen LogP contribution in [0, 0.1) is 30.6 Å². The van der Waals surface area contributed by atoms with E-state index in [1.165, 1.54) is 6.20 Å². The van der Waals surface area contributed by atoms with Gasteiger partial charge in [0.15, 0.2) is 0 Å². The van der Waals surface area contributed by atoms with Gasteiger partial charge in [-0.3, -0.25) is 15.4 Å². The first-order chi connectivity index (χ1) is 21.3. The molecule has 0 saturated heterocycles. The van der Waals surface area contributed by atoms with E-state index in [4.69, 9.17) is 32.2 Å². The average Bonchev–Trinajstić information content (AvgIpc) is 3.04. The lowest BCUT2D eigenvalue weighted by molar-refractivity contribution is 0.287. The Kier molecular flexibility index (Phi) is 9.23. The highest BCUT2D eigenvalue weighted by Gasteiger charge is 2.15. The molecule has 0 radical (unpaired) electrons. The molecule has 3 N–H and O–H groups in total. The number of pyridine rings is 2. The van der Waals surface area contributed by atoms with Crippen LogP contribution in [0.4, 0.5) is 0 Å². The first kappa shape index (κ1) is 30.3. The Morgan fingerprint density at radius 3 is 2.30 bits per heavy atom. The third-order valence-corrected chi connectivity index (χ3v) is 7.91. The second kappa shape index (κ2) is 13.4. The van der Waals surface area contributed by atoms with Crippen LogP contribution in [-0.4, -0.2) is 15.8 Å². The van der Waals surface area contributed by atoms with Gasteiger partial charge in [0, 0.05) is 41.3 Å². The number of amidine groups is 1. The Hall–Kier alpha value is -5.19. The summed E-state index contributed by atoms with van der Waals surface area (Å²) in [6, 6.07) is 23.7. The second-order valence-corrected chi connectivity index (χ2v) is 10.8. The Morgan fingerprint density at radius 1 is 0.864 bits per heavy atom. The number of ether oxygens (including phenoxy) is 2. The molecule has 0 unspecified atom stereocenters. The van der Waals surface area contributed by atoms with Crippen LogP contribution in [0.3, 0.4) is 0 Å². The number of aromatic nitrogens is 2. The molecule has 5 aromatic rings. The number of nitrogen functional groups attached to an aromatic ring is 1. The molecule has 2 aromatic heterocycles. The number of rotatable bonds is 10. The highest BCUT2D eigenvalue weighted by atomic mass is 35.5. The summed E-state index contributed by atoms with van der Waals surface area (Å²) in [6.45, 7) is 6.83. The molecule has 8 heteroatoms. The van der Waals surface area contributed by atoms with Crippen molar-refractivity contribution in [1.29, 1.82) is 10.7 Å². The van der Waals surface area contributed by atoms with Gasteiger partial charge in [0.05, 0.1) is 16.3 Å². The smallest absolute Gasteiger partial charge is 0.142 e. The first-order valence-corrected chi connectivity index (χ1v) is 14.6. The van der Waals surface area contributed by atoms with Crippen molar-refractivity contribution in [1.82, 2.24) is 9.97 Å². The van der Waals surface area contributed by atoms with Gasteiger partial charge < -0.3 is 15.2 Å². The van der Waals surface area contributed by atoms with Crippen molar-refractivity contribution in [3.8, 4) is 40.0 Å². The minimum absolute atomic E-state index is 0.00429. The van der Waals surface area contributed by atoms with Crippen LogP contribution in [0.2, 0.25) is 5.02 Å². The summed E-state index contributed by atoms with van der Waals surface area (Å²) >= 11 is 6.64. The fraction of sp³-hybridized carbons (Fsp3) is 0.167. The van der Waals surface area contributed by atoms with E-state index in [0.717, 1.165) is 56.6 Å².